The number of nitrogens with one attached hydrogen (secondary N) is 1. The zero-order chi connectivity index (χ0) is 18.6. The van der Waals surface area contributed by atoms with Crippen LogP contribution < -0.4 is 5.32 Å². The number of hydrogen-bond acceptors (Lipinski definition) is 3. The van der Waals surface area contributed by atoms with Gasteiger partial charge < -0.3 is 14.8 Å². The van der Waals surface area contributed by atoms with Crippen molar-refractivity contribution in [1.82, 2.24) is 14.5 Å². The van der Waals surface area contributed by atoms with Crippen molar-refractivity contribution < 1.29 is 9.59 Å². The van der Waals surface area contributed by atoms with Crippen molar-refractivity contribution in [3.63, 3.8) is 0 Å². The molecule has 1 fully saturated rings. The van der Waals surface area contributed by atoms with Crippen LogP contribution in [-0.2, 0) is 13.0 Å². The first-order chi connectivity index (χ1) is 13.2. The predicted molar refractivity (Wildman–Crippen MR) is 104 cm³/mol. The summed E-state index contributed by atoms with van der Waals surface area (Å²) in [6.07, 6.45) is 7.26. The molecule has 2 amide bonds. The molecule has 1 saturated heterocycles. The summed E-state index contributed by atoms with van der Waals surface area (Å²) < 4.78 is 1.98. The molecule has 1 aromatic carbocycles. The van der Waals surface area contributed by atoms with Crippen molar-refractivity contribution in [2.45, 2.75) is 51.5 Å². The quantitative estimate of drug-likeness (QED) is 0.904. The van der Waals surface area contributed by atoms with Crippen molar-refractivity contribution in [2.75, 3.05) is 18.4 Å². The lowest BCUT2D eigenvalue weighted by Gasteiger charge is -2.22. The molecule has 0 saturated carbocycles. The van der Waals surface area contributed by atoms with Crippen LogP contribution in [0.15, 0.2) is 30.3 Å². The number of nitrogens with zero attached hydrogens (tertiary/aromatic N) is 3. The molecule has 1 aromatic heterocycles. The molecular weight excluding hydrogens is 340 g/mol. The maximum Gasteiger partial charge on any atom is 0.289 e. The van der Waals surface area contributed by atoms with Crippen LogP contribution in [0.3, 0.4) is 0 Å². The highest BCUT2D eigenvalue weighted by atomic mass is 16.2. The Kier molecular flexibility index (Phi) is 5.23. The standard InChI is InChI=1S/C21H26N4O2/c26-20(22-16-10-4-3-5-11-16)18-17-12-6-9-15-25(17)19(23-18)21(27)24-13-7-1-2-8-14-24/h3-5,10-11H,1-2,6-9,12-15H2,(H,22,26). The molecule has 0 spiro atoms. The minimum atomic E-state index is -0.234. The number of para-hydroxylation sites is 1. The number of benzene rings is 1. The van der Waals surface area contributed by atoms with E-state index in [1.807, 2.05) is 39.8 Å². The van der Waals surface area contributed by atoms with E-state index in [-0.39, 0.29) is 11.8 Å². The first-order valence-corrected chi connectivity index (χ1v) is 9.99. The van der Waals surface area contributed by atoms with E-state index >= 15 is 0 Å². The van der Waals surface area contributed by atoms with Gasteiger partial charge in [-0.1, -0.05) is 31.0 Å². The van der Waals surface area contributed by atoms with Crippen LogP contribution >= 0.6 is 0 Å². The summed E-state index contributed by atoms with van der Waals surface area (Å²) in [7, 11) is 0. The van der Waals surface area contributed by atoms with Gasteiger partial charge in [0.25, 0.3) is 11.8 Å². The molecular formula is C21H26N4O2. The molecule has 2 aliphatic heterocycles. The second-order valence-electron chi connectivity index (χ2n) is 7.37. The zero-order valence-corrected chi connectivity index (χ0v) is 15.6. The van der Waals surface area contributed by atoms with Crippen LogP contribution in [0.25, 0.3) is 0 Å². The van der Waals surface area contributed by atoms with Crippen molar-refractivity contribution in [3.05, 3.63) is 47.5 Å². The zero-order valence-electron chi connectivity index (χ0n) is 15.6. The summed E-state index contributed by atoms with van der Waals surface area (Å²) in [6, 6.07) is 9.37. The molecule has 0 atom stereocenters. The number of likely N-dealkylation sites (tertiary alicyclic amines) is 1. The largest absolute Gasteiger partial charge is 0.336 e. The lowest BCUT2D eigenvalue weighted by molar-refractivity contribution is 0.0743. The molecule has 6 heteroatoms. The summed E-state index contributed by atoms with van der Waals surface area (Å²) in [5, 5.41) is 2.91. The normalized spacial score (nSPS) is 17.1. The summed E-state index contributed by atoms with van der Waals surface area (Å²) in [5.41, 5.74) is 2.03. The second-order valence-corrected chi connectivity index (χ2v) is 7.37. The highest BCUT2D eigenvalue weighted by Crippen LogP contribution is 2.24. The van der Waals surface area contributed by atoms with E-state index in [1.54, 1.807) is 0 Å². The molecule has 3 heterocycles. The van der Waals surface area contributed by atoms with Gasteiger partial charge in [0.2, 0.25) is 0 Å². The van der Waals surface area contributed by atoms with E-state index in [0.29, 0.717) is 11.5 Å². The third kappa shape index (κ3) is 3.75. The van der Waals surface area contributed by atoms with E-state index in [1.165, 1.54) is 12.8 Å². The molecule has 0 unspecified atom stereocenters. The van der Waals surface area contributed by atoms with E-state index in [2.05, 4.69) is 10.3 Å². The van der Waals surface area contributed by atoms with Crippen LogP contribution in [0.5, 0.6) is 0 Å². The van der Waals surface area contributed by atoms with E-state index in [4.69, 9.17) is 0 Å². The Hall–Kier alpha value is -2.63. The fourth-order valence-electron chi connectivity index (χ4n) is 4.02. The smallest absolute Gasteiger partial charge is 0.289 e. The number of aromatic nitrogens is 2. The summed E-state index contributed by atoms with van der Waals surface area (Å²) in [4.78, 5) is 32.4. The molecule has 0 bridgehead atoms. The molecule has 2 aliphatic rings. The Morgan fingerprint density at radius 1 is 0.889 bits per heavy atom. The SMILES string of the molecule is O=C(Nc1ccccc1)c1nc(C(=O)N2CCCCCC2)n2c1CCCC2. The van der Waals surface area contributed by atoms with E-state index < -0.39 is 0 Å². The average molecular weight is 366 g/mol. The first-order valence-electron chi connectivity index (χ1n) is 9.99. The van der Waals surface area contributed by atoms with Crippen LogP contribution in [0.4, 0.5) is 5.69 Å². The van der Waals surface area contributed by atoms with Gasteiger partial charge in [0.1, 0.15) is 0 Å². The number of anilines is 1. The number of carbonyl (C=O) groups excluding carboxylic acids is 2. The number of imidazole rings is 1. The summed E-state index contributed by atoms with van der Waals surface area (Å²) in [5.74, 6) is 0.172. The first kappa shape index (κ1) is 17.8. The fourth-order valence-corrected chi connectivity index (χ4v) is 4.02. The van der Waals surface area contributed by atoms with Gasteiger partial charge in [-0.2, -0.15) is 0 Å². The van der Waals surface area contributed by atoms with E-state index in [0.717, 1.165) is 63.1 Å². The van der Waals surface area contributed by atoms with Crippen molar-refractivity contribution in [3.8, 4) is 0 Å². The lowest BCUT2D eigenvalue weighted by atomic mass is 10.1. The molecule has 6 nitrogen and oxygen atoms in total. The number of rotatable bonds is 3. The monoisotopic (exact) mass is 366 g/mol. The summed E-state index contributed by atoms with van der Waals surface area (Å²) >= 11 is 0. The fraction of sp³-hybridized carbons (Fsp3) is 0.476. The van der Waals surface area contributed by atoms with Crippen LogP contribution in [0, 0.1) is 0 Å². The third-order valence-electron chi connectivity index (χ3n) is 5.45. The molecule has 0 radical (unpaired) electrons. The van der Waals surface area contributed by atoms with Crippen LogP contribution in [-0.4, -0.2) is 39.4 Å². The van der Waals surface area contributed by atoms with E-state index in [9.17, 15) is 9.59 Å². The minimum absolute atomic E-state index is 0.0289. The minimum Gasteiger partial charge on any atom is -0.336 e. The van der Waals surface area contributed by atoms with Gasteiger partial charge in [0.15, 0.2) is 11.5 Å². The highest BCUT2D eigenvalue weighted by molar-refractivity contribution is 6.05. The third-order valence-corrected chi connectivity index (χ3v) is 5.45. The highest BCUT2D eigenvalue weighted by Gasteiger charge is 2.30. The average Bonchev–Trinajstić information content (AvgIpc) is 2.88. The molecule has 2 aromatic rings. The Labute approximate surface area is 159 Å². The van der Waals surface area contributed by atoms with Crippen LogP contribution in [0.1, 0.15) is 65.3 Å². The lowest BCUT2D eigenvalue weighted by Crippen LogP contribution is -2.34. The van der Waals surface area contributed by atoms with Crippen molar-refractivity contribution in [1.29, 1.82) is 0 Å². The van der Waals surface area contributed by atoms with Gasteiger partial charge in [0, 0.05) is 25.3 Å². The Bertz CT molecular complexity index is 820. The van der Waals surface area contributed by atoms with Gasteiger partial charge >= 0.3 is 0 Å². The maximum atomic E-state index is 13.1. The molecule has 1 N–H and O–H groups in total. The van der Waals surface area contributed by atoms with Crippen molar-refractivity contribution >= 4 is 17.5 Å². The van der Waals surface area contributed by atoms with Gasteiger partial charge in [-0.3, -0.25) is 9.59 Å². The van der Waals surface area contributed by atoms with Crippen molar-refractivity contribution in [2.24, 2.45) is 0 Å². The molecule has 0 aliphatic carbocycles. The maximum absolute atomic E-state index is 13.1. The Balaban J connectivity index is 1.63. The molecule has 142 valence electrons. The van der Waals surface area contributed by atoms with Crippen LogP contribution in [0.2, 0.25) is 0 Å². The number of hydrogen-bond donors (Lipinski definition) is 1. The van der Waals surface area contributed by atoms with Gasteiger partial charge in [-0.05, 0) is 44.2 Å². The number of carbonyl (C=O) groups is 2. The van der Waals surface area contributed by atoms with Gasteiger partial charge in [0.05, 0.1) is 5.69 Å². The Morgan fingerprint density at radius 3 is 2.33 bits per heavy atom. The Morgan fingerprint density at radius 2 is 1.59 bits per heavy atom. The summed E-state index contributed by atoms with van der Waals surface area (Å²) in [6.45, 7) is 2.33. The number of fused-ring (bicyclic) bond motifs is 1. The second kappa shape index (κ2) is 7.94. The van der Waals surface area contributed by atoms with Gasteiger partial charge in [-0.15, -0.1) is 0 Å². The molecule has 4 rings (SSSR count). The topological polar surface area (TPSA) is 67.2 Å². The predicted octanol–water partition coefficient (Wildman–Crippen LogP) is 3.49. The number of amides is 2. The molecule has 27 heavy (non-hydrogen) atoms. The van der Waals surface area contributed by atoms with Gasteiger partial charge in [-0.25, -0.2) is 4.98 Å².